The van der Waals surface area contributed by atoms with Gasteiger partial charge in [-0.3, -0.25) is 4.79 Å². The monoisotopic (exact) mass is 362 g/mol. The van der Waals surface area contributed by atoms with Crippen LogP contribution in [0.25, 0.3) is 10.9 Å². The zero-order chi connectivity index (χ0) is 19.0. The minimum Gasteiger partial charge on any atom is -0.383 e. The summed E-state index contributed by atoms with van der Waals surface area (Å²) >= 11 is 0. The van der Waals surface area contributed by atoms with E-state index in [9.17, 15) is 4.79 Å². The van der Waals surface area contributed by atoms with E-state index < -0.39 is 0 Å². The van der Waals surface area contributed by atoms with Crippen molar-refractivity contribution in [2.45, 2.75) is 6.92 Å². The van der Waals surface area contributed by atoms with Gasteiger partial charge in [0, 0.05) is 31.7 Å². The smallest absolute Gasteiger partial charge is 0.253 e. The second-order valence-electron chi connectivity index (χ2n) is 6.79. The number of carbonyl (C=O) groups excluding carboxylic acids is 1. The van der Waals surface area contributed by atoms with E-state index in [0.29, 0.717) is 18.9 Å². The molecule has 0 spiro atoms. The van der Waals surface area contributed by atoms with Gasteiger partial charge >= 0.3 is 0 Å². The third kappa shape index (κ3) is 3.23. The molecule has 0 bridgehead atoms. The number of nitrogens with two attached hydrogens (primary N) is 2. The summed E-state index contributed by atoms with van der Waals surface area (Å²) in [5.41, 5.74) is 15.4. The molecule has 1 aliphatic rings. The third-order valence-corrected chi connectivity index (χ3v) is 4.92. The molecule has 138 valence electrons. The molecule has 2 aromatic carbocycles. The SMILES string of the molecule is Cc1cccc(C(=O)N2CCN(c3cccc4nc(N)nc(N)c34)CC2)c1. The van der Waals surface area contributed by atoms with Crippen molar-refractivity contribution in [3.63, 3.8) is 0 Å². The number of benzene rings is 2. The van der Waals surface area contributed by atoms with Gasteiger partial charge < -0.3 is 21.3 Å². The maximum atomic E-state index is 12.8. The maximum Gasteiger partial charge on any atom is 0.253 e. The van der Waals surface area contributed by atoms with Crippen LogP contribution in [0.3, 0.4) is 0 Å². The van der Waals surface area contributed by atoms with Gasteiger partial charge in [0.25, 0.3) is 5.91 Å². The van der Waals surface area contributed by atoms with Gasteiger partial charge in [0.05, 0.1) is 16.6 Å². The standard InChI is InChI=1S/C20H22N6O/c1-13-4-2-5-14(12-13)19(27)26-10-8-25(9-11-26)16-7-3-6-15-17(16)18(21)24-20(22)23-15/h2-7,12H,8-11H2,1H3,(H4,21,22,23,24). The Morgan fingerprint density at radius 2 is 1.74 bits per heavy atom. The molecule has 0 atom stereocenters. The number of aryl methyl sites for hydroxylation is 1. The largest absolute Gasteiger partial charge is 0.383 e. The maximum absolute atomic E-state index is 12.8. The topological polar surface area (TPSA) is 101 Å². The van der Waals surface area contributed by atoms with E-state index in [1.54, 1.807) is 0 Å². The normalized spacial score (nSPS) is 14.6. The van der Waals surface area contributed by atoms with Gasteiger partial charge in [0.2, 0.25) is 5.95 Å². The van der Waals surface area contributed by atoms with Crippen LogP contribution >= 0.6 is 0 Å². The third-order valence-electron chi connectivity index (χ3n) is 4.92. The highest BCUT2D eigenvalue weighted by molar-refractivity contribution is 6.00. The fourth-order valence-corrected chi connectivity index (χ4v) is 3.59. The molecule has 7 nitrogen and oxygen atoms in total. The lowest BCUT2D eigenvalue weighted by Crippen LogP contribution is -2.48. The number of anilines is 3. The Labute approximate surface area is 157 Å². The number of aromatic nitrogens is 2. The lowest BCUT2D eigenvalue weighted by atomic mass is 10.1. The zero-order valence-corrected chi connectivity index (χ0v) is 15.2. The van der Waals surface area contributed by atoms with E-state index >= 15 is 0 Å². The molecule has 0 unspecified atom stereocenters. The average Bonchev–Trinajstić information content (AvgIpc) is 2.67. The summed E-state index contributed by atoms with van der Waals surface area (Å²) in [4.78, 5) is 25.3. The molecule has 1 saturated heterocycles. The van der Waals surface area contributed by atoms with E-state index in [1.165, 1.54) is 0 Å². The number of piperazine rings is 1. The Bertz CT molecular complexity index is 1010. The Hall–Kier alpha value is -3.35. The molecule has 1 fully saturated rings. The molecular weight excluding hydrogens is 340 g/mol. The molecule has 1 aliphatic heterocycles. The fraction of sp³-hybridized carbons (Fsp3) is 0.250. The van der Waals surface area contributed by atoms with Crippen LogP contribution in [0.2, 0.25) is 0 Å². The van der Waals surface area contributed by atoms with Gasteiger partial charge in [-0.15, -0.1) is 0 Å². The Kier molecular flexibility index (Phi) is 4.27. The van der Waals surface area contributed by atoms with Crippen molar-refractivity contribution in [3.8, 4) is 0 Å². The number of nitrogen functional groups attached to an aromatic ring is 2. The van der Waals surface area contributed by atoms with Crippen LogP contribution in [0.5, 0.6) is 0 Å². The molecule has 1 aromatic heterocycles. The Morgan fingerprint density at radius 1 is 1.00 bits per heavy atom. The highest BCUT2D eigenvalue weighted by Crippen LogP contribution is 2.30. The number of amides is 1. The van der Waals surface area contributed by atoms with Crippen molar-refractivity contribution in [2.24, 2.45) is 0 Å². The van der Waals surface area contributed by atoms with Crippen LogP contribution in [0, 0.1) is 6.92 Å². The quantitative estimate of drug-likeness (QED) is 0.724. The fourth-order valence-electron chi connectivity index (χ4n) is 3.59. The van der Waals surface area contributed by atoms with Gasteiger partial charge in [0.15, 0.2) is 0 Å². The molecule has 4 N–H and O–H groups in total. The van der Waals surface area contributed by atoms with Crippen molar-refractivity contribution >= 4 is 34.3 Å². The van der Waals surface area contributed by atoms with Crippen LogP contribution in [0.4, 0.5) is 17.5 Å². The molecule has 0 aliphatic carbocycles. The van der Waals surface area contributed by atoms with Gasteiger partial charge in [-0.2, -0.15) is 4.98 Å². The molecule has 1 amide bonds. The predicted molar refractivity (Wildman–Crippen MR) is 108 cm³/mol. The number of nitrogens with zero attached hydrogens (tertiary/aromatic N) is 4. The van der Waals surface area contributed by atoms with E-state index in [4.69, 9.17) is 11.5 Å². The van der Waals surface area contributed by atoms with Crippen LogP contribution in [0.1, 0.15) is 15.9 Å². The van der Waals surface area contributed by atoms with E-state index in [1.807, 2.05) is 54.3 Å². The highest BCUT2D eigenvalue weighted by atomic mass is 16.2. The van der Waals surface area contributed by atoms with Crippen LogP contribution in [0.15, 0.2) is 42.5 Å². The average molecular weight is 362 g/mol. The van der Waals surface area contributed by atoms with Crippen molar-refractivity contribution in [3.05, 3.63) is 53.6 Å². The molecule has 0 saturated carbocycles. The lowest BCUT2D eigenvalue weighted by molar-refractivity contribution is 0.0747. The zero-order valence-electron chi connectivity index (χ0n) is 15.2. The first-order chi connectivity index (χ1) is 13.0. The summed E-state index contributed by atoms with van der Waals surface area (Å²) in [6.45, 7) is 4.74. The summed E-state index contributed by atoms with van der Waals surface area (Å²) < 4.78 is 0. The van der Waals surface area contributed by atoms with Crippen LogP contribution < -0.4 is 16.4 Å². The van der Waals surface area contributed by atoms with E-state index in [2.05, 4.69) is 14.9 Å². The summed E-state index contributed by atoms with van der Waals surface area (Å²) in [5.74, 6) is 0.629. The summed E-state index contributed by atoms with van der Waals surface area (Å²) in [5, 5.41) is 0.810. The van der Waals surface area contributed by atoms with Gasteiger partial charge in [0.1, 0.15) is 5.82 Å². The minimum absolute atomic E-state index is 0.0758. The predicted octanol–water partition coefficient (Wildman–Crippen LogP) is 2.07. The number of carbonyl (C=O) groups is 1. The first-order valence-electron chi connectivity index (χ1n) is 8.95. The minimum atomic E-state index is 0.0758. The van der Waals surface area contributed by atoms with Crippen molar-refractivity contribution in [2.75, 3.05) is 42.5 Å². The molecular formula is C20H22N6O. The van der Waals surface area contributed by atoms with Crippen molar-refractivity contribution in [1.82, 2.24) is 14.9 Å². The van der Waals surface area contributed by atoms with Gasteiger partial charge in [-0.05, 0) is 31.2 Å². The molecule has 2 heterocycles. The van der Waals surface area contributed by atoms with Crippen molar-refractivity contribution < 1.29 is 4.79 Å². The number of hydrogen-bond donors (Lipinski definition) is 2. The molecule has 7 heteroatoms. The number of fused-ring (bicyclic) bond motifs is 1. The first-order valence-corrected chi connectivity index (χ1v) is 8.95. The van der Waals surface area contributed by atoms with Crippen LogP contribution in [-0.4, -0.2) is 47.0 Å². The molecule has 4 rings (SSSR count). The second-order valence-corrected chi connectivity index (χ2v) is 6.79. The molecule has 3 aromatic rings. The Morgan fingerprint density at radius 3 is 2.48 bits per heavy atom. The Balaban J connectivity index is 1.55. The van der Waals surface area contributed by atoms with Gasteiger partial charge in [-0.25, -0.2) is 4.98 Å². The molecule has 0 radical (unpaired) electrons. The van der Waals surface area contributed by atoms with Crippen LogP contribution in [-0.2, 0) is 0 Å². The van der Waals surface area contributed by atoms with E-state index in [0.717, 1.165) is 40.8 Å². The number of hydrogen-bond acceptors (Lipinski definition) is 6. The lowest BCUT2D eigenvalue weighted by Gasteiger charge is -2.36. The summed E-state index contributed by atoms with van der Waals surface area (Å²) in [7, 11) is 0. The van der Waals surface area contributed by atoms with Gasteiger partial charge in [-0.1, -0.05) is 23.8 Å². The van der Waals surface area contributed by atoms with E-state index in [-0.39, 0.29) is 11.9 Å². The second kappa shape index (κ2) is 6.75. The van der Waals surface area contributed by atoms with Crippen molar-refractivity contribution in [1.29, 1.82) is 0 Å². The summed E-state index contributed by atoms with van der Waals surface area (Å²) in [6.07, 6.45) is 0. The summed E-state index contributed by atoms with van der Waals surface area (Å²) in [6, 6.07) is 13.5. The highest BCUT2D eigenvalue weighted by Gasteiger charge is 2.24. The first kappa shape index (κ1) is 17.1. The molecule has 27 heavy (non-hydrogen) atoms. The number of rotatable bonds is 2.